The van der Waals surface area contributed by atoms with Gasteiger partial charge in [-0.2, -0.15) is 5.10 Å². The molecule has 1 saturated carbocycles. The van der Waals surface area contributed by atoms with Gasteiger partial charge in [-0.05, 0) is 61.9 Å². The number of anilines is 1. The normalized spacial score (nSPS) is 21.1. The molecule has 1 aliphatic heterocycles. The summed E-state index contributed by atoms with van der Waals surface area (Å²) >= 11 is 7.98. The van der Waals surface area contributed by atoms with Crippen molar-refractivity contribution in [3.05, 3.63) is 58.1 Å². The van der Waals surface area contributed by atoms with Gasteiger partial charge < -0.3 is 5.32 Å². The number of halogens is 1. The van der Waals surface area contributed by atoms with E-state index in [1.165, 1.54) is 0 Å². The molecule has 1 fully saturated rings. The van der Waals surface area contributed by atoms with Crippen LogP contribution in [-0.4, -0.2) is 33.2 Å². The second kappa shape index (κ2) is 8.05. The maximum absolute atomic E-state index is 13.9. The molecule has 3 heterocycles. The van der Waals surface area contributed by atoms with E-state index in [0.29, 0.717) is 16.4 Å². The summed E-state index contributed by atoms with van der Waals surface area (Å²) in [6.07, 6.45) is 4.18. The van der Waals surface area contributed by atoms with Crippen molar-refractivity contribution in [2.45, 2.75) is 57.7 Å². The van der Waals surface area contributed by atoms with Crippen LogP contribution in [0.2, 0.25) is 5.02 Å². The van der Waals surface area contributed by atoms with E-state index < -0.39 is 5.54 Å². The van der Waals surface area contributed by atoms with E-state index in [9.17, 15) is 9.59 Å². The van der Waals surface area contributed by atoms with Crippen LogP contribution in [0.3, 0.4) is 0 Å². The molecule has 1 aromatic carbocycles. The molecule has 1 N–H and O–H groups in total. The zero-order valence-electron chi connectivity index (χ0n) is 18.1. The van der Waals surface area contributed by atoms with Gasteiger partial charge in [0, 0.05) is 16.8 Å². The summed E-state index contributed by atoms with van der Waals surface area (Å²) in [5.74, 6) is -0.406. The van der Waals surface area contributed by atoms with Crippen molar-refractivity contribution in [1.82, 2.24) is 15.1 Å². The monoisotopic (exact) mass is 468 g/mol. The van der Waals surface area contributed by atoms with Crippen LogP contribution in [0, 0.1) is 6.92 Å². The Hall–Kier alpha value is -2.64. The van der Waals surface area contributed by atoms with Gasteiger partial charge >= 0.3 is 0 Å². The third-order valence-corrected chi connectivity index (χ3v) is 7.89. The van der Waals surface area contributed by atoms with Crippen molar-refractivity contribution in [3.63, 3.8) is 0 Å². The van der Waals surface area contributed by atoms with Crippen LogP contribution in [-0.2, 0) is 11.3 Å². The van der Waals surface area contributed by atoms with E-state index in [-0.39, 0.29) is 24.4 Å². The number of carbonyl (C=O) groups is 2. The van der Waals surface area contributed by atoms with E-state index in [0.717, 1.165) is 41.8 Å². The third kappa shape index (κ3) is 3.44. The van der Waals surface area contributed by atoms with Gasteiger partial charge in [0.2, 0.25) is 5.91 Å². The minimum atomic E-state index is -1.14. The molecule has 0 radical (unpaired) electrons. The number of hydrogen-bond donors (Lipinski definition) is 1. The lowest BCUT2D eigenvalue weighted by atomic mass is 9.92. The first-order chi connectivity index (χ1) is 15.4. The molecule has 166 valence electrons. The summed E-state index contributed by atoms with van der Waals surface area (Å²) in [6, 6.07) is 11.4. The molecule has 5 rings (SSSR count). The highest BCUT2D eigenvalue weighted by molar-refractivity contribution is 7.13. The molecule has 6 nitrogen and oxygen atoms in total. The first kappa shape index (κ1) is 21.2. The zero-order chi connectivity index (χ0) is 22.5. The molecule has 2 amide bonds. The number of fused-ring (bicyclic) bond motifs is 1. The summed E-state index contributed by atoms with van der Waals surface area (Å²) in [5.41, 5.74) is 1.50. The Morgan fingerprint density at radius 3 is 2.75 bits per heavy atom. The predicted octanol–water partition coefficient (Wildman–Crippen LogP) is 5.05. The van der Waals surface area contributed by atoms with E-state index in [1.807, 2.05) is 49.6 Å². The van der Waals surface area contributed by atoms with Crippen LogP contribution in [0.25, 0.3) is 10.6 Å². The number of aromatic nitrogens is 2. The SMILES string of the molecule is Cc1c(Cl)cccc1N1C(=O)c2cc(-c3cccs3)nn2C[C@@]1(C)C(=O)NC1CCCC1. The number of amides is 2. The number of rotatable bonds is 4. The van der Waals surface area contributed by atoms with Gasteiger partial charge in [-0.25, -0.2) is 0 Å². The number of carbonyl (C=O) groups excluding carboxylic acids is 2. The molecule has 32 heavy (non-hydrogen) atoms. The van der Waals surface area contributed by atoms with E-state index >= 15 is 0 Å². The fourth-order valence-electron chi connectivity index (χ4n) is 4.75. The Bertz CT molecular complexity index is 1180. The van der Waals surface area contributed by atoms with Crippen molar-refractivity contribution in [2.24, 2.45) is 0 Å². The van der Waals surface area contributed by atoms with Gasteiger partial charge in [0.05, 0.1) is 11.4 Å². The average molecular weight is 469 g/mol. The number of hydrogen-bond acceptors (Lipinski definition) is 4. The fourth-order valence-corrected chi connectivity index (χ4v) is 5.60. The second-order valence-corrected chi connectivity index (χ2v) is 10.2. The molecule has 3 aromatic rings. The van der Waals surface area contributed by atoms with Gasteiger partial charge in [-0.1, -0.05) is 36.6 Å². The molecule has 8 heteroatoms. The molecular formula is C24H25ClN4O2S. The van der Waals surface area contributed by atoms with Crippen molar-refractivity contribution < 1.29 is 9.59 Å². The Morgan fingerprint density at radius 2 is 2.03 bits per heavy atom. The lowest BCUT2D eigenvalue weighted by molar-refractivity contribution is -0.127. The summed E-state index contributed by atoms with van der Waals surface area (Å²) in [5, 5.41) is 10.4. The van der Waals surface area contributed by atoms with Crippen molar-refractivity contribution in [3.8, 4) is 10.6 Å². The minimum Gasteiger partial charge on any atom is -0.351 e. The first-order valence-electron chi connectivity index (χ1n) is 10.9. The Kier molecular flexibility index (Phi) is 5.34. The topological polar surface area (TPSA) is 67.2 Å². The number of thiophene rings is 1. The zero-order valence-corrected chi connectivity index (χ0v) is 19.7. The molecule has 2 aliphatic rings. The highest BCUT2D eigenvalue weighted by atomic mass is 35.5. The molecule has 0 saturated heterocycles. The lowest BCUT2D eigenvalue weighted by Gasteiger charge is -2.44. The van der Waals surface area contributed by atoms with Gasteiger partial charge in [0.25, 0.3) is 5.91 Å². The van der Waals surface area contributed by atoms with Gasteiger partial charge in [0.1, 0.15) is 16.9 Å². The fraction of sp³-hybridized carbons (Fsp3) is 0.375. The standard InChI is InChI=1S/C24H25ClN4O2S/c1-15-17(25)9-5-10-19(15)29-22(30)20-13-18(21-11-6-12-32-21)27-28(20)14-24(29,2)23(31)26-16-7-3-4-8-16/h5-6,9-13,16H,3-4,7-8,14H2,1-2H3,(H,26,31)/t24-/m0/s1. The average Bonchev–Trinajstić information content (AvgIpc) is 3.52. The van der Waals surface area contributed by atoms with Crippen molar-refractivity contribution >= 4 is 40.4 Å². The smallest absolute Gasteiger partial charge is 0.277 e. The first-order valence-corrected chi connectivity index (χ1v) is 12.2. The van der Waals surface area contributed by atoms with E-state index in [4.69, 9.17) is 16.7 Å². The second-order valence-electron chi connectivity index (χ2n) is 8.80. The Morgan fingerprint density at radius 1 is 1.25 bits per heavy atom. The summed E-state index contributed by atoms with van der Waals surface area (Å²) in [7, 11) is 0. The van der Waals surface area contributed by atoms with E-state index in [2.05, 4.69) is 5.32 Å². The van der Waals surface area contributed by atoms with Crippen LogP contribution < -0.4 is 10.2 Å². The van der Waals surface area contributed by atoms with Crippen LogP contribution in [0.15, 0.2) is 41.8 Å². The number of nitrogens with zero attached hydrogens (tertiary/aromatic N) is 3. The lowest BCUT2D eigenvalue weighted by Crippen LogP contribution is -2.65. The number of benzene rings is 1. The van der Waals surface area contributed by atoms with Crippen LogP contribution in [0.5, 0.6) is 0 Å². The Balaban J connectivity index is 1.61. The van der Waals surface area contributed by atoms with Crippen molar-refractivity contribution in [1.29, 1.82) is 0 Å². The van der Waals surface area contributed by atoms with E-state index in [1.54, 1.807) is 27.0 Å². The number of nitrogens with one attached hydrogen (secondary N) is 1. The van der Waals surface area contributed by atoms with Crippen LogP contribution in [0.1, 0.15) is 48.7 Å². The van der Waals surface area contributed by atoms with Crippen LogP contribution >= 0.6 is 22.9 Å². The maximum atomic E-state index is 13.9. The largest absolute Gasteiger partial charge is 0.351 e. The summed E-state index contributed by atoms with van der Waals surface area (Å²) < 4.78 is 1.68. The summed E-state index contributed by atoms with van der Waals surface area (Å²) in [6.45, 7) is 3.97. The minimum absolute atomic E-state index is 0.150. The van der Waals surface area contributed by atoms with Gasteiger partial charge in [-0.15, -0.1) is 11.3 Å². The van der Waals surface area contributed by atoms with Gasteiger partial charge in [-0.3, -0.25) is 19.2 Å². The predicted molar refractivity (Wildman–Crippen MR) is 127 cm³/mol. The summed E-state index contributed by atoms with van der Waals surface area (Å²) in [4.78, 5) is 30.1. The highest BCUT2D eigenvalue weighted by Gasteiger charge is 2.49. The molecule has 0 unspecified atom stereocenters. The van der Waals surface area contributed by atoms with Gasteiger partial charge in [0.15, 0.2) is 0 Å². The molecular weight excluding hydrogens is 444 g/mol. The maximum Gasteiger partial charge on any atom is 0.277 e. The molecule has 1 atom stereocenters. The molecule has 1 aliphatic carbocycles. The Labute approximate surface area is 196 Å². The highest BCUT2D eigenvalue weighted by Crippen LogP contribution is 2.38. The quantitative estimate of drug-likeness (QED) is 0.582. The molecule has 0 bridgehead atoms. The van der Waals surface area contributed by atoms with Crippen LogP contribution in [0.4, 0.5) is 5.69 Å². The van der Waals surface area contributed by atoms with Crippen molar-refractivity contribution in [2.75, 3.05) is 4.90 Å². The molecule has 2 aromatic heterocycles. The molecule has 0 spiro atoms. The third-order valence-electron chi connectivity index (χ3n) is 6.59.